The molecule has 10 heteroatoms. The molecule has 0 aliphatic heterocycles. The van der Waals surface area contributed by atoms with Crippen molar-refractivity contribution in [1.29, 1.82) is 0 Å². The molecule has 7 nitrogen and oxygen atoms in total. The Labute approximate surface area is 171 Å². The number of hydrogen-bond donors (Lipinski definition) is 3. The van der Waals surface area contributed by atoms with Crippen molar-refractivity contribution < 1.29 is 13.9 Å². The Balaban J connectivity index is 1.63. The number of rotatable bonds is 6. The lowest BCUT2D eigenvalue weighted by molar-refractivity contribution is 0.269. The van der Waals surface area contributed by atoms with Crippen LogP contribution in [0.5, 0.6) is 0 Å². The largest absolute Gasteiger partial charge is 0.395 e. The van der Waals surface area contributed by atoms with E-state index in [0.717, 1.165) is 37.8 Å². The number of aliphatic hydroxyl groups excluding tert-OH is 1. The summed E-state index contributed by atoms with van der Waals surface area (Å²) in [7, 11) is 0. The van der Waals surface area contributed by atoms with Crippen LogP contribution in [0.1, 0.15) is 25.7 Å². The number of benzene rings is 1. The van der Waals surface area contributed by atoms with Gasteiger partial charge in [0.2, 0.25) is 0 Å². The van der Waals surface area contributed by atoms with E-state index in [1.54, 1.807) is 0 Å². The van der Waals surface area contributed by atoms with Gasteiger partial charge >= 0.3 is 0 Å². The molecular formula is C19H21ClF2N6O. The molecular weight excluding hydrogens is 402 g/mol. The molecule has 3 N–H and O–H groups in total. The molecule has 1 saturated carbocycles. The predicted octanol–water partition coefficient (Wildman–Crippen LogP) is 3.03. The van der Waals surface area contributed by atoms with Gasteiger partial charge in [0.05, 0.1) is 18.4 Å². The van der Waals surface area contributed by atoms with E-state index in [1.165, 1.54) is 16.8 Å². The van der Waals surface area contributed by atoms with Crippen LogP contribution in [0.2, 0.25) is 5.15 Å². The molecule has 1 fully saturated rings. The fraction of sp³-hybridized carbons (Fsp3) is 0.421. The normalized spacial score (nSPS) is 19.6. The van der Waals surface area contributed by atoms with Crippen molar-refractivity contribution in [3.63, 3.8) is 0 Å². The lowest BCUT2D eigenvalue weighted by Crippen LogP contribution is -2.38. The number of aliphatic hydroxyl groups is 1. The van der Waals surface area contributed by atoms with E-state index in [4.69, 9.17) is 16.7 Å². The quantitative estimate of drug-likeness (QED) is 0.566. The molecule has 3 aromatic rings. The van der Waals surface area contributed by atoms with Crippen LogP contribution in [0.3, 0.4) is 0 Å². The summed E-state index contributed by atoms with van der Waals surface area (Å²) in [6.45, 7) is 0.701. The van der Waals surface area contributed by atoms with E-state index in [0.29, 0.717) is 24.1 Å². The number of aromatic nitrogens is 4. The minimum Gasteiger partial charge on any atom is -0.395 e. The lowest BCUT2D eigenvalue weighted by atomic mass is 9.91. The van der Waals surface area contributed by atoms with Crippen molar-refractivity contribution >= 4 is 23.1 Å². The second-order valence-corrected chi connectivity index (χ2v) is 7.45. The number of fused-ring (bicyclic) bond motifs is 1. The highest BCUT2D eigenvalue weighted by atomic mass is 35.5. The van der Waals surface area contributed by atoms with E-state index >= 15 is 0 Å². The minimum absolute atomic E-state index is 0.103. The van der Waals surface area contributed by atoms with Gasteiger partial charge in [0.15, 0.2) is 22.4 Å². The summed E-state index contributed by atoms with van der Waals surface area (Å²) in [6, 6.07) is 4.12. The highest BCUT2D eigenvalue weighted by Gasteiger charge is 2.24. The average molecular weight is 423 g/mol. The van der Waals surface area contributed by atoms with Gasteiger partial charge in [0.1, 0.15) is 11.6 Å². The zero-order valence-electron chi connectivity index (χ0n) is 15.6. The molecule has 2 aromatic heterocycles. The monoisotopic (exact) mass is 422 g/mol. The molecule has 1 aromatic carbocycles. The third-order valence-electron chi connectivity index (χ3n) is 5.12. The van der Waals surface area contributed by atoms with Gasteiger partial charge < -0.3 is 15.7 Å². The molecule has 0 unspecified atom stereocenters. The first kappa shape index (κ1) is 19.9. The number of nitrogens with one attached hydrogen (secondary N) is 2. The fourth-order valence-corrected chi connectivity index (χ4v) is 3.84. The second kappa shape index (κ2) is 8.56. The van der Waals surface area contributed by atoms with Crippen molar-refractivity contribution in [2.45, 2.75) is 37.8 Å². The van der Waals surface area contributed by atoms with Crippen LogP contribution >= 0.6 is 11.6 Å². The topological polar surface area (TPSA) is 87.4 Å². The molecule has 2 heterocycles. The zero-order chi connectivity index (χ0) is 20.4. The van der Waals surface area contributed by atoms with E-state index in [9.17, 15) is 8.78 Å². The molecule has 154 valence electrons. The summed E-state index contributed by atoms with van der Waals surface area (Å²) in [6.07, 6.45) is 5.09. The number of anilines is 1. The number of nitrogens with zero attached hydrogens (tertiary/aromatic N) is 4. The molecule has 0 radical (unpaired) electrons. The van der Waals surface area contributed by atoms with Crippen molar-refractivity contribution in [2.75, 3.05) is 18.5 Å². The third-order valence-corrected chi connectivity index (χ3v) is 5.38. The predicted molar refractivity (Wildman–Crippen MR) is 106 cm³/mol. The molecule has 4 rings (SSSR count). The van der Waals surface area contributed by atoms with Gasteiger partial charge in [-0.25, -0.2) is 18.7 Å². The van der Waals surface area contributed by atoms with Crippen molar-refractivity contribution in [3.05, 3.63) is 41.2 Å². The molecule has 0 saturated heterocycles. The molecule has 0 atom stereocenters. The molecule has 29 heavy (non-hydrogen) atoms. The minimum atomic E-state index is -0.748. The van der Waals surface area contributed by atoms with Gasteiger partial charge in [-0.3, -0.25) is 0 Å². The second-order valence-electron chi connectivity index (χ2n) is 7.07. The van der Waals surface area contributed by atoms with Crippen LogP contribution in [-0.4, -0.2) is 49.9 Å². The van der Waals surface area contributed by atoms with E-state index in [-0.39, 0.29) is 29.2 Å². The first-order valence-electron chi connectivity index (χ1n) is 9.53. The maximum Gasteiger partial charge on any atom is 0.198 e. The van der Waals surface area contributed by atoms with Crippen molar-refractivity contribution in [3.8, 4) is 11.4 Å². The van der Waals surface area contributed by atoms with Crippen molar-refractivity contribution in [2.24, 2.45) is 0 Å². The smallest absolute Gasteiger partial charge is 0.198 e. The van der Waals surface area contributed by atoms with Crippen LogP contribution < -0.4 is 10.6 Å². The van der Waals surface area contributed by atoms with Gasteiger partial charge in [-0.1, -0.05) is 17.7 Å². The Morgan fingerprint density at radius 2 is 1.83 bits per heavy atom. The van der Waals surface area contributed by atoms with E-state index < -0.39 is 11.6 Å². The standard InChI is InChI=1S/C19H21ClF2N6O/c20-15-10-24-19-18(25-12-6-4-11(5-7-12)23-8-9-29)26-17(27-28(15)19)16-13(21)2-1-3-14(16)22/h1-3,10-12,23,29H,4-9H2,(H,25,26,27)/t11-,12-. The Morgan fingerprint density at radius 1 is 1.14 bits per heavy atom. The molecule has 0 amide bonds. The molecule has 0 bridgehead atoms. The maximum absolute atomic E-state index is 14.3. The third kappa shape index (κ3) is 4.17. The van der Waals surface area contributed by atoms with E-state index in [1.807, 2.05) is 0 Å². The van der Waals surface area contributed by atoms with Crippen LogP contribution in [0, 0.1) is 11.6 Å². The highest BCUT2D eigenvalue weighted by Crippen LogP contribution is 2.28. The average Bonchev–Trinajstić information content (AvgIpc) is 3.09. The van der Waals surface area contributed by atoms with Gasteiger partial charge in [0.25, 0.3) is 0 Å². The molecule has 1 aliphatic carbocycles. The van der Waals surface area contributed by atoms with Crippen LogP contribution in [0.15, 0.2) is 24.4 Å². The Morgan fingerprint density at radius 3 is 2.52 bits per heavy atom. The van der Waals surface area contributed by atoms with E-state index in [2.05, 4.69) is 25.7 Å². The summed E-state index contributed by atoms with van der Waals surface area (Å²) < 4.78 is 29.9. The SMILES string of the molecule is OCCN[C@H]1CC[C@H](Nc2nc(-c3c(F)cccc3F)nn3c(Cl)cnc23)CC1. The first-order chi connectivity index (χ1) is 14.1. The first-order valence-corrected chi connectivity index (χ1v) is 9.91. The zero-order valence-corrected chi connectivity index (χ0v) is 16.3. The summed E-state index contributed by atoms with van der Waals surface area (Å²) in [4.78, 5) is 8.61. The Kier molecular flexibility index (Phi) is 5.89. The fourth-order valence-electron chi connectivity index (χ4n) is 3.67. The maximum atomic E-state index is 14.3. The summed E-state index contributed by atoms with van der Waals surface area (Å²) in [5.41, 5.74) is 0.0927. The number of hydrogen-bond acceptors (Lipinski definition) is 6. The van der Waals surface area contributed by atoms with Gasteiger partial charge in [0, 0.05) is 18.6 Å². The number of halogens is 3. The van der Waals surface area contributed by atoms with Crippen LogP contribution in [0.25, 0.3) is 17.0 Å². The summed E-state index contributed by atoms with van der Waals surface area (Å²) >= 11 is 6.16. The molecule has 1 aliphatic rings. The summed E-state index contributed by atoms with van der Waals surface area (Å²) in [5, 5.41) is 20.0. The van der Waals surface area contributed by atoms with Gasteiger partial charge in [-0.05, 0) is 37.8 Å². The van der Waals surface area contributed by atoms with Crippen molar-refractivity contribution in [1.82, 2.24) is 24.9 Å². The number of imidazole rings is 1. The highest BCUT2D eigenvalue weighted by molar-refractivity contribution is 6.29. The summed E-state index contributed by atoms with van der Waals surface area (Å²) in [5.74, 6) is -1.21. The lowest BCUT2D eigenvalue weighted by Gasteiger charge is -2.30. The Hall–Kier alpha value is -2.36. The van der Waals surface area contributed by atoms with Crippen LogP contribution in [0.4, 0.5) is 14.6 Å². The Bertz CT molecular complexity index is 986. The molecule has 0 spiro atoms. The van der Waals surface area contributed by atoms with Gasteiger partial charge in [-0.15, -0.1) is 5.10 Å². The van der Waals surface area contributed by atoms with Gasteiger partial charge in [-0.2, -0.15) is 4.52 Å². The van der Waals surface area contributed by atoms with Crippen LogP contribution in [-0.2, 0) is 0 Å².